The highest BCUT2D eigenvalue weighted by Gasteiger charge is 2.23. The van der Waals surface area contributed by atoms with Crippen molar-refractivity contribution in [2.24, 2.45) is 0 Å². The maximum atomic E-state index is 11.8. The first-order valence-electron chi connectivity index (χ1n) is 8.86. The number of anilines is 1. The molecule has 130 valence electrons. The van der Waals surface area contributed by atoms with Gasteiger partial charge in [-0.1, -0.05) is 35.9 Å². The summed E-state index contributed by atoms with van der Waals surface area (Å²) in [7, 11) is 1.82. The number of carbonyl (C=O) groups excluding carboxylic acids is 1. The second kappa shape index (κ2) is 6.71. The molecule has 0 radical (unpaired) electrons. The first kappa shape index (κ1) is 16.5. The summed E-state index contributed by atoms with van der Waals surface area (Å²) < 4.78 is 0. The largest absolute Gasteiger partial charge is 0.315 e. The lowest BCUT2D eigenvalue weighted by molar-refractivity contribution is -0.117. The minimum Gasteiger partial charge on any atom is -0.315 e. The molecule has 0 atom stereocenters. The van der Waals surface area contributed by atoms with E-state index in [2.05, 4.69) is 47.2 Å². The normalized spacial score (nSPS) is 13.2. The van der Waals surface area contributed by atoms with Crippen molar-refractivity contribution < 1.29 is 4.79 Å². The Morgan fingerprint density at radius 3 is 2.42 bits per heavy atom. The van der Waals surface area contributed by atoms with Gasteiger partial charge in [-0.2, -0.15) is 0 Å². The molecule has 1 aromatic heterocycles. The van der Waals surface area contributed by atoms with Gasteiger partial charge in [-0.05, 0) is 42.2 Å². The lowest BCUT2D eigenvalue weighted by Gasteiger charge is -2.10. The average molecular weight is 343 g/mol. The van der Waals surface area contributed by atoms with Gasteiger partial charge >= 0.3 is 0 Å². The molecule has 0 saturated carbocycles. The SMILES string of the molecule is Cc1ccc(CCc2ncc(-c3ccc4c(c3)CC(=O)N4C)cn2)cc1. The van der Waals surface area contributed by atoms with Gasteiger partial charge < -0.3 is 4.90 Å². The Bertz CT molecular complexity index is 946. The Labute approximate surface area is 153 Å². The van der Waals surface area contributed by atoms with E-state index in [-0.39, 0.29) is 5.91 Å². The highest BCUT2D eigenvalue weighted by atomic mass is 16.2. The summed E-state index contributed by atoms with van der Waals surface area (Å²) in [6.45, 7) is 2.10. The summed E-state index contributed by atoms with van der Waals surface area (Å²) in [4.78, 5) is 22.6. The van der Waals surface area contributed by atoms with Crippen molar-refractivity contribution in [3.63, 3.8) is 0 Å². The molecule has 0 fully saturated rings. The third-order valence-corrected chi connectivity index (χ3v) is 4.95. The van der Waals surface area contributed by atoms with Gasteiger partial charge in [0.2, 0.25) is 5.91 Å². The van der Waals surface area contributed by atoms with Crippen molar-refractivity contribution in [2.75, 3.05) is 11.9 Å². The molecule has 1 amide bonds. The molecule has 26 heavy (non-hydrogen) atoms. The van der Waals surface area contributed by atoms with Crippen LogP contribution in [-0.4, -0.2) is 22.9 Å². The number of aryl methyl sites for hydroxylation is 3. The standard InChI is InChI=1S/C22H21N3O/c1-15-3-5-16(6-4-15)7-10-21-23-13-19(14-24-21)17-8-9-20-18(11-17)12-22(26)25(20)2/h3-6,8-9,11,13-14H,7,10,12H2,1-2H3. The van der Waals surface area contributed by atoms with E-state index < -0.39 is 0 Å². The Balaban J connectivity index is 1.47. The van der Waals surface area contributed by atoms with Crippen LogP contribution in [0.1, 0.15) is 22.5 Å². The number of amides is 1. The molecule has 0 aliphatic carbocycles. The Hall–Kier alpha value is -3.01. The molecule has 0 N–H and O–H groups in total. The van der Waals surface area contributed by atoms with E-state index in [0.717, 1.165) is 41.0 Å². The van der Waals surface area contributed by atoms with Crippen molar-refractivity contribution in [1.82, 2.24) is 9.97 Å². The molecular formula is C22H21N3O. The maximum Gasteiger partial charge on any atom is 0.231 e. The van der Waals surface area contributed by atoms with Crippen LogP contribution in [0.25, 0.3) is 11.1 Å². The number of hydrogen-bond acceptors (Lipinski definition) is 3. The number of benzene rings is 2. The van der Waals surface area contributed by atoms with Crippen LogP contribution in [0.3, 0.4) is 0 Å². The quantitative estimate of drug-likeness (QED) is 0.725. The van der Waals surface area contributed by atoms with Gasteiger partial charge in [-0.25, -0.2) is 9.97 Å². The zero-order chi connectivity index (χ0) is 18.1. The Morgan fingerprint density at radius 1 is 0.962 bits per heavy atom. The molecule has 2 heterocycles. The van der Waals surface area contributed by atoms with E-state index in [1.54, 1.807) is 4.90 Å². The first-order valence-corrected chi connectivity index (χ1v) is 8.86. The smallest absolute Gasteiger partial charge is 0.231 e. The van der Waals surface area contributed by atoms with Gasteiger partial charge in [-0.3, -0.25) is 4.79 Å². The van der Waals surface area contributed by atoms with Crippen molar-refractivity contribution >= 4 is 11.6 Å². The lowest BCUT2D eigenvalue weighted by atomic mass is 10.0. The molecule has 1 aliphatic heterocycles. The van der Waals surface area contributed by atoms with Gasteiger partial charge in [0.1, 0.15) is 5.82 Å². The summed E-state index contributed by atoms with van der Waals surface area (Å²) in [6, 6.07) is 14.7. The molecule has 2 aromatic carbocycles. The molecule has 0 bridgehead atoms. The van der Waals surface area contributed by atoms with Crippen LogP contribution in [0, 0.1) is 6.92 Å². The Kier molecular flexibility index (Phi) is 4.25. The second-order valence-electron chi connectivity index (χ2n) is 6.85. The molecule has 4 nitrogen and oxygen atoms in total. The molecule has 0 saturated heterocycles. The van der Waals surface area contributed by atoms with Crippen LogP contribution < -0.4 is 4.90 Å². The van der Waals surface area contributed by atoms with Crippen molar-refractivity contribution in [3.05, 3.63) is 77.4 Å². The highest BCUT2D eigenvalue weighted by molar-refractivity contribution is 6.01. The predicted molar refractivity (Wildman–Crippen MR) is 103 cm³/mol. The number of likely N-dealkylation sites (N-methyl/N-ethyl adjacent to an activating group) is 1. The number of rotatable bonds is 4. The Morgan fingerprint density at radius 2 is 1.69 bits per heavy atom. The molecule has 4 rings (SSSR count). The molecule has 4 heteroatoms. The van der Waals surface area contributed by atoms with Gasteiger partial charge in [0.15, 0.2) is 0 Å². The average Bonchev–Trinajstić information content (AvgIpc) is 2.95. The van der Waals surface area contributed by atoms with Crippen LogP contribution >= 0.6 is 0 Å². The molecule has 1 aliphatic rings. The van der Waals surface area contributed by atoms with E-state index in [4.69, 9.17) is 0 Å². The highest BCUT2D eigenvalue weighted by Crippen LogP contribution is 2.31. The van der Waals surface area contributed by atoms with E-state index in [1.165, 1.54) is 11.1 Å². The summed E-state index contributed by atoms with van der Waals surface area (Å²) in [6.07, 6.45) is 5.98. The van der Waals surface area contributed by atoms with E-state index >= 15 is 0 Å². The topological polar surface area (TPSA) is 46.1 Å². The fourth-order valence-electron chi connectivity index (χ4n) is 3.29. The number of hydrogen-bond donors (Lipinski definition) is 0. The third kappa shape index (κ3) is 3.23. The van der Waals surface area contributed by atoms with Crippen LogP contribution in [-0.2, 0) is 24.1 Å². The molecule has 3 aromatic rings. The fourth-order valence-corrected chi connectivity index (χ4v) is 3.29. The first-order chi connectivity index (χ1) is 12.6. The monoisotopic (exact) mass is 343 g/mol. The molecule has 0 spiro atoms. The number of nitrogens with zero attached hydrogens (tertiary/aromatic N) is 3. The van der Waals surface area contributed by atoms with Crippen molar-refractivity contribution in [3.8, 4) is 11.1 Å². The van der Waals surface area contributed by atoms with Crippen molar-refractivity contribution in [2.45, 2.75) is 26.2 Å². The van der Waals surface area contributed by atoms with E-state index in [1.807, 2.05) is 31.6 Å². The zero-order valence-corrected chi connectivity index (χ0v) is 15.1. The molecular weight excluding hydrogens is 322 g/mol. The minimum absolute atomic E-state index is 0.139. The fraction of sp³-hybridized carbons (Fsp3) is 0.227. The van der Waals surface area contributed by atoms with Crippen LogP contribution in [0.5, 0.6) is 0 Å². The van der Waals surface area contributed by atoms with Gasteiger partial charge in [0.25, 0.3) is 0 Å². The lowest BCUT2D eigenvalue weighted by Crippen LogP contribution is -2.20. The van der Waals surface area contributed by atoms with Gasteiger partial charge in [-0.15, -0.1) is 0 Å². The van der Waals surface area contributed by atoms with Gasteiger partial charge in [0, 0.05) is 37.1 Å². The van der Waals surface area contributed by atoms with E-state index in [9.17, 15) is 4.79 Å². The third-order valence-electron chi connectivity index (χ3n) is 4.95. The van der Waals surface area contributed by atoms with Gasteiger partial charge in [0.05, 0.1) is 6.42 Å². The van der Waals surface area contributed by atoms with Crippen LogP contribution in [0.4, 0.5) is 5.69 Å². The maximum absolute atomic E-state index is 11.8. The number of aromatic nitrogens is 2. The minimum atomic E-state index is 0.139. The molecule has 0 unspecified atom stereocenters. The van der Waals surface area contributed by atoms with Crippen LogP contribution in [0.2, 0.25) is 0 Å². The van der Waals surface area contributed by atoms with Crippen molar-refractivity contribution in [1.29, 1.82) is 0 Å². The summed E-state index contributed by atoms with van der Waals surface area (Å²) in [5, 5.41) is 0. The predicted octanol–water partition coefficient (Wildman–Crippen LogP) is 3.76. The van der Waals surface area contributed by atoms with E-state index in [0.29, 0.717) is 6.42 Å². The summed E-state index contributed by atoms with van der Waals surface area (Å²) in [5.74, 6) is 0.991. The van der Waals surface area contributed by atoms with Crippen LogP contribution in [0.15, 0.2) is 54.9 Å². The number of carbonyl (C=O) groups is 1. The zero-order valence-electron chi connectivity index (χ0n) is 15.1. The summed E-state index contributed by atoms with van der Waals surface area (Å²) >= 11 is 0. The summed E-state index contributed by atoms with van der Waals surface area (Å²) in [5.41, 5.74) is 6.67. The second-order valence-corrected chi connectivity index (χ2v) is 6.85. The number of fused-ring (bicyclic) bond motifs is 1.